The zero-order valence-electron chi connectivity index (χ0n) is 16.4. The fraction of sp³-hybridized carbons (Fsp3) is 0.333. The number of aliphatic imine (C=N–C) groups is 1. The Hall–Kier alpha value is -1.74. The van der Waals surface area contributed by atoms with Gasteiger partial charge >= 0.3 is 0 Å². The first kappa shape index (κ1) is 24.3. The van der Waals surface area contributed by atoms with Crippen LogP contribution in [-0.4, -0.2) is 37.8 Å². The summed E-state index contributed by atoms with van der Waals surface area (Å²) in [7, 11) is 1.76. The highest BCUT2D eigenvalue weighted by atomic mass is 127. The van der Waals surface area contributed by atoms with Crippen LogP contribution in [0.1, 0.15) is 29.3 Å². The number of hydrogen-bond acceptors (Lipinski definition) is 3. The molecule has 0 bridgehead atoms. The molecule has 0 saturated carbocycles. The lowest BCUT2D eigenvalue weighted by molar-refractivity contribution is 0.0953. The molecule has 0 unspecified atom stereocenters. The van der Waals surface area contributed by atoms with Gasteiger partial charge in [-0.15, -0.1) is 35.7 Å². The average molecular weight is 512 g/mol. The van der Waals surface area contributed by atoms with Crippen molar-refractivity contribution in [1.82, 2.24) is 16.0 Å². The monoisotopic (exact) mass is 512 g/mol. The Morgan fingerprint density at radius 1 is 1.00 bits per heavy atom. The van der Waals surface area contributed by atoms with E-state index < -0.39 is 0 Å². The van der Waals surface area contributed by atoms with Gasteiger partial charge in [0.2, 0.25) is 0 Å². The van der Waals surface area contributed by atoms with Crippen molar-refractivity contribution in [3.8, 4) is 0 Å². The van der Waals surface area contributed by atoms with Crippen LogP contribution in [0, 0.1) is 0 Å². The van der Waals surface area contributed by atoms with E-state index in [0.29, 0.717) is 18.7 Å². The van der Waals surface area contributed by atoms with Crippen molar-refractivity contribution in [2.75, 3.05) is 25.9 Å². The SMILES string of the molecule is CCCNC(=O)c1cccc(CNC(=NC)NCCSc2ccccc2)c1.I. The zero-order valence-corrected chi connectivity index (χ0v) is 19.6. The summed E-state index contributed by atoms with van der Waals surface area (Å²) in [4.78, 5) is 17.6. The van der Waals surface area contributed by atoms with Gasteiger partial charge in [0, 0.05) is 42.9 Å². The van der Waals surface area contributed by atoms with Gasteiger partial charge in [0.15, 0.2) is 5.96 Å². The summed E-state index contributed by atoms with van der Waals surface area (Å²) in [6.45, 7) is 4.16. The molecule has 2 aromatic rings. The molecule has 7 heteroatoms. The fourth-order valence-corrected chi connectivity index (χ4v) is 3.21. The van der Waals surface area contributed by atoms with Crippen LogP contribution < -0.4 is 16.0 Å². The van der Waals surface area contributed by atoms with E-state index in [2.05, 4.69) is 33.1 Å². The maximum atomic E-state index is 12.1. The summed E-state index contributed by atoms with van der Waals surface area (Å²) in [5.74, 6) is 1.68. The number of rotatable bonds is 9. The summed E-state index contributed by atoms with van der Waals surface area (Å²) >= 11 is 1.81. The molecule has 0 aliphatic heterocycles. The molecule has 0 aliphatic carbocycles. The van der Waals surface area contributed by atoms with E-state index >= 15 is 0 Å². The molecule has 0 saturated heterocycles. The van der Waals surface area contributed by atoms with Crippen LogP contribution >= 0.6 is 35.7 Å². The van der Waals surface area contributed by atoms with Gasteiger partial charge in [0.25, 0.3) is 5.91 Å². The number of halogens is 1. The van der Waals surface area contributed by atoms with E-state index in [4.69, 9.17) is 0 Å². The largest absolute Gasteiger partial charge is 0.356 e. The van der Waals surface area contributed by atoms with E-state index in [1.54, 1.807) is 7.05 Å². The summed E-state index contributed by atoms with van der Waals surface area (Å²) in [5.41, 5.74) is 1.73. The first-order valence-corrected chi connectivity index (χ1v) is 10.2. The molecular formula is C21H29IN4OS. The maximum absolute atomic E-state index is 12.1. The average Bonchev–Trinajstić information content (AvgIpc) is 2.72. The lowest BCUT2D eigenvalue weighted by Gasteiger charge is -2.12. The predicted molar refractivity (Wildman–Crippen MR) is 130 cm³/mol. The second kappa shape index (κ2) is 14.3. The first-order valence-electron chi connectivity index (χ1n) is 9.22. The highest BCUT2D eigenvalue weighted by molar-refractivity contribution is 14.0. The van der Waals surface area contributed by atoms with Crippen molar-refractivity contribution in [3.63, 3.8) is 0 Å². The molecule has 2 aromatic carbocycles. The number of carbonyl (C=O) groups is 1. The van der Waals surface area contributed by atoms with Crippen LogP contribution in [-0.2, 0) is 6.54 Å². The lowest BCUT2D eigenvalue weighted by Crippen LogP contribution is -2.38. The molecule has 0 radical (unpaired) electrons. The van der Waals surface area contributed by atoms with Gasteiger partial charge < -0.3 is 16.0 Å². The van der Waals surface area contributed by atoms with E-state index in [0.717, 1.165) is 30.2 Å². The highest BCUT2D eigenvalue weighted by Crippen LogP contribution is 2.15. The standard InChI is InChI=1S/C21H28N4OS.HI/c1-3-12-23-20(26)18-9-7-8-17(15-18)16-25-21(22-2)24-13-14-27-19-10-5-4-6-11-19;/h4-11,15H,3,12-14,16H2,1-2H3,(H,23,26)(H2,22,24,25);1H. The normalized spacial score (nSPS) is 10.7. The summed E-state index contributed by atoms with van der Waals surface area (Å²) < 4.78 is 0. The Kier molecular flexibility index (Phi) is 12.4. The summed E-state index contributed by atoms with van der Waals surface area (Å²) in [5, 5.41) is 9.51. The maximum Gasteiger partial charge on any atom is 0.251 e. The van der Waals surface area contributed by atoms with Crippen molar-refractivity contribution in [1.29, 1.82) is 0 Å². The Labute approximate surface area is 189 Å². The molecular weight excluding hydrogens is 483 g/mol. The highest BCUT2D eigenvalue weighted by Gasteiger charge is 2.05. The van der Waals surface area contributed by atoms with Crippen LogP contribution in [0.4, 0.5) is 0 Å². The van der Waals surface area contributed by atoms with Gasteiger partial charge in [-0.05, 0) is 36.2 Å². The van der Waals surface area contributed by atoms with Gasteiger partial charge in [0.1, 0.15) is 0 Å². The number of nitrogens with one attached hydrogen (secondary N) is 3. The van der Waals surface area contributed by atoms with Crippen LogP contribution in [0.25, 0.3) is 0 Å². The molecule has 2 rings (SSSR count). The second-order valence-corrected chi connectivity index (χ2v) is 7.14. The van der Waals surface area contributed by atoms with Gasteiger partial charge in [0.05, 0.1) is 0 Å². The minimum absolute atomic E-state index is 0. The van der Waals surface area contributed by atoms with E-state index in [1.807, 2.05) is 61.2 Å². The Bertz CT molecular complexity index is 740. The molecule has 1 amide bonds. The smallest absolute Gasteiger partial charge is 0.251 e. The van der Waals surface area contributed by atoms with Crippen molar-refractivity contribution < 1.29 is 4.79 Å². The quantitative estimate of drug-likeness (QED) is 0.157. The number of guanidine groups is 1. The van der Waals surface area contributed by atoms with Crippen LogP contribution in [0.15, 0.2) is 64.5 Å². The number of hydrogen-bond donors (Lipinski definition) is 3. The number of carbonyl (C=O) groups excluding carboxylic acids is 1. The van der Waals surface area contributed by atoms with Crippen LogP contribution in [0.2, 0.25) is 0 Å². The molecule has 0 heterocycles. The third-order valence-corrected chi connectivity index (χ3v) is 4.83. The molecule has 28 heavy (non-hydrogen) atoms. The fourth-order valence-electron chi connectivity index (χ4n) is 2.42. The second-order valence-electron chi connectivity index (χ2n) is 5.97. The van der Waals surface area contributed by atoms with Gasteiger partial charge in [-0.25, -0.2) is 0 Å². The van der Waals surface area contributed by atoms with Crippen molar-refractivity contribution in [3.05, 3.63) is 65.7 Å². The van der Waals surface area contributed by atoms with Gasteiger partial charge in [-0.1, -0.05) is 37.3 Å². The first-order chi connectivity index (χ1) is 13.2. The predicted octanol–water partition coefficient (Wildman–Crippen LogP) is 3.90. The molecule has 5 nitrogen and oxygen atoms in total. The topological polar surface area (TPSA) is 65.5 Å². The van der Waals surface area contributed by atoms with Gasteiger partial charge in [-0.2, -0.15) is 0 Å². The minimum atomic E-state index is -0.0286. The van der Waals surface area contributed by atoms with Gasteiger partial charge in [-0.3, -0.25) is 9.79 Å². The van der Waals surface area contributed by atoms with Crippen molar-refractivity contribution in [2.45, 2.75) is 24.8 Å². The third kappa shape index (κ3) is 8.97. The number of benzene rings is 2. The van der Waals surface area contributed by atoms with E-state index in [1.165, 1.54) is 4.90 Å². The minimum Gasteiger partial charge on any atom is -0.356 e. The third-order valence-electron chi connectivity index (χ3n) is 3.81. The van der Waals surface area contributed by atoms with Crippen LogP contribution in [0.3, 0.4) is 0 Å². The Balaban J connectivity index is 0.00000392. The van der Waals surface area contributed by atoms with Crippen LogP contribution in [0.5, 0.6) is 0 Å². The summed E-state index contributed by atoms with van der Waals surface area (Å²) in [6.07, 6.45) is 0.928. The number of amides is 1. The molecule has 0 spiro atoms. The molecule has 0 aliphatic rings. The number of nitrogens with zero attached hydrogens (tertiary/aromatic N) is 1. The molecule has 0 aromatic heterocycles. The molecule has 3 N–H and O–H groups in total. The van der Waals surface area contributed by atoms with Crippen molar-refractivity contribution >= 4 is 47.6 Å². The Morgan fingerprint density at radius 2 is 1.79 bits per heavy atom. The molecule has 0 atom stereocenters. The van der Waals surface area contributed by atoms with E-state index in [-0.39, 0.29) is 29.9 Å². The Morgan fingerprint density at radius 3 is 2.50 bits per heavy atom. The lowest BCUT2D eigenvalue weighted by atomic mass is 10.1. The zero-order chi connectivity index (χ0) is 19.3. The molecule has 152 valence electrons. The molecule has 0 fully saturated rings. The summed E-state index contributed by atoms with van der Waals surface area (Å²) in [6, 6.07) is 18.0. The number of thioether (sulfide) groups is 1. The van der Waals surface area contributed by atoms with E-state index in [9.17, 15) is 4.79 Å². The van der Waals surface area contributed by atoms with Crippen molar-refractivity contribution in [2.24, 2.45) is 4.99 Å².